The average Bonchev–Trinajstić information content (AvgIpc) is 3.22. The predicted molar refractivity (Wildman–Crippen MR) is 149 cm³/mol. The van der Waals surface area contributed by atoms with Gasteiger partial charge in [0.1, 0.15) is 5.82 Å². The van der Waals surface area contributed by atoms with Gasteiger partial charge in [0.25, 0.3) is 0 Å². The Labute approximate surface area is 225 Å². The molecule has 0 fully saturated rings. The number of carbonyl (C=O) groups excluding carboxylic acids is 1. The minimum absolute atomic E-state index is 0.00519. The molecule has 0 aliphatic carbocycles. The Balaban J connectivity index is 1.44. The second-order valence-electron chi connectivity index (χ2n) is 8.89. The van der Waals surface area contributed by atoms with Gasteiger partial charge >= 0.3 is 0 Å². The highest BCUT2D eigenvalue weighted by atomic mass is 35.5. The zero-order valence-corrected chi connectivity index (χ0v) is 22.1. The maximum absolute atomic E-state index is 13.5. The molecule has 1 amide bonds. The van der Waals surface area contributed by atoms with Gasteiger partial charge in [-0.3, -0.25) is 4.79 Å². The first-order chi connectivity index (χ1) is 18.3. The van der Waals surface area contributed by atoms with Crippen molar-refractivity contribution in [3.05, 3.63) is 107 Å². The minimum Gasteiger partial charge on any atom is -0.341 e. The van der Waals surface area contributed by atoms with Crippen LogP contribution in [0.4, 0.5) is 10.1 Å². The van der Waals surface area contributed by atoms with E-state index < -0.39 is 28.3 Å². The normalized spacial score (nSPS) is 11.9. The fraction of sp³-hybridized carbons (Fsp3) is 0.138. The summed E-state index contributed by atoms with van der Waals surface area (Å²) in [7, 11) is -4.06. The van der Waals surface area contributed by atoms with Crippen LogP contribution in [0.15, 0.2) is 95.9 Å². The highest BCUT2D eigenvalue weighted by Gasteiger charge is 2.27. The molecule has 4 aromatic carbocycles. The van der Waals surface area contributed by atoms with E-state index in [0.29, 0.717) is 16.3 Å². The van der Waals surface area contributed by atoms with Crippen LogP contribution in [0.2, 0.25) is 5.02 Å². The molecule has 0 radical (unpaired) electrons. The minimum atomic E-state index is -4.06. The van der Waals surface area contributed by atoms with Gasteiger partial charge in [-0.15, -0.1) is 0 Å². The van der Waals surface area contributed by atoms with Crippen LogP contribution in [-0.4, -0.2) is 29.7 Å². The summed E-state index contributed by atoms with van der Waals surface area (Å²) in [5.74, 6) is -0.929. The van der Waals surface area contributed by atoms with Crippen LogP contribution in [-0.2, 0) is 27.9 Å². The molecule has 1 aromatic heterocycles. The van der Waals surface area contributed by atoms with Crippen molar-refractivity contribution in [3.63, 3.8) is 0 Å². The Hall–Kier alpha value is -3.72. The van der Waals surface area contributed by atoms with Gasteiger partial charge in [0.15, 0.2) is 0 Å². The lowest BCUT2D eigenvalue weighted by Crippen LogP contribution is -2.37. The molecule has 0 saturated heterocycles. The van der Waals surface area contributed by atoms with E-state index in [0.717, 1.165) is 32.7 Å². The molecule has 0 unspecified atom stereocenters. The van der Waals surface area contributed by atoms with Gasteiger partial charge in [-0.05, 0) is 73.2 Å². The van der Waals surface area contributed by atoms with E-state index in [9.17, 15) is 17.6 Å². The van der Waals surface area contributed by atoms with Crippen LogP contribution in [0.5, 0.6) is 0 Å². The summed E-state index contributed by atoms with van der Waals surface area (Å²) in [5, 5.41) is 5.31. The number of nitrogens with one attached hydrogen (secondary N) is 1. The Morgan fingerprint density at radius 3 is 2.32 bits per heavy atom. The summed E-state index contributed by atoms with van der Waals surface area (Å²) < 4.78 is 43.7. The number of aromatic nitrogens is 1. The van der Waals surface area contributed by atoms with Crippen LogP contribution in [0.25, 0.3) is 21.8 Å². The standard InChI is InChI=1S/C29H25ClFN3O3S/c1-2-34-27-6-4-3-5-25(27)26-17-23(13-16-28(26)34)32-29(35)19-33(18-20-7-11-22(31)12-8-20)38(36,37)24-14-9-21(30)10-15-24/h3-17H,2,18-19H2,1H3,(H,32,35). The third-order valence-electron chi connectivity index (χ3n) is 6.42. The van der Waals surface area contributed by atoms with E-state index in [4.69, 9.17) is 11.6 Å². The van der Waals surface area contributed by atoms with E-state index in [1.54, 1.807) is 0 Å². The van der Waals surface area contributed by atoms with E-state index in [1.165, 1.54) is 48.5 Å². The number of nitrogens with zero attached hydrogens (tertiary/aromatic N) is 2. The van der Waals surface area contributed by atoms with Crippen molar-refractivity contribution < 1.29 is 17.6 Å². The summed E-state index contributed by atoms with van der Waals surface area (Å²) in [5.41, 5.74) is 3.26. The molecule has 1 heterocycles. The maximum atomic E-state index is 13.5. The van der Waals surface area contributed by atoms with Gasteiger partial charge in [-0.2, -0.15) is 4.31 Å². The summed E-state index contributed by atoms with van der Waals surface area (Å²) in [6.45, 7) is 2.34. The number of anilines is 1. The smallest absolute Gasteiger partial charge is 0.243 e. The molecule has 1 N–H and O–H groups in total. The first-order valence-corrected chi connectivity index (χ1v) is 13.9. The van der Waals surface area contributed by atoms with Crippen molar-refractivity contribution in [3.8, 4) is 0 Å². The lowest BCUT2D eigenvalue weighted by Gasteiger charge is -2.22. The Kier molecular flexibility index (Phi) is 7.21. The molecule has 5 aromatic rings. The number of amides is 1. The number of hydrogen-bond acceptors (Lipinski definition) is 3. The van der Waals surface area contributed by atoms with Crippen LogP contribution in [0.3, 0.4) is 0 Å². The Bertz CT molecular complexity index is 1730. The number of para-hydroxylation sites is 1. The highest BCUT2D eigenvalue weighted by molar-refractivity contribution is 7.89. The summed E-state index contributed by atoms with van der Waals surface area (Å²) >= 11 is 5.94. The molecule has 38 heavy (non-hydrogen) atoms. The number of benzene rings is 4. The van der Waals surface area contributed by atoms with Crippen molar-refractivity contribution in [1.29, 1.82) is 0 Å². The van der Waals surface area contributed by atoms with E-state index >= 15 is 0 Å². The van der Waals surface area contributed by atoms with Gasteiger partial charge in [0.05, 0.1) is 11.4 Å². The highest BCUT2D eigenvalue weighted by Crippen LogP contribution is 2.31. The molecule has 5 rings (SSSR count). The molecule has 0 saturated carbocycles. The third kappa shape index (κ3) is 5.15. The average molecular weight is 550 g/mol. The number of carbonyl (C=O) groups is 1. The van der Waals surface area contributed by atoms with Gasteiger partial charge in [0, 0.05) is 45.6 Å². The molecule has 6 nitrogen and oxygen atoms in total. The van der Waals surface area contributed by atoms with Crippen LogP contribution < -0.4 is 5.32 Å². The molecule has 0 atom stereocenters. The third-order valence-corrected chi connectivity index (χ3v) is 8.47. The quantitative estimate of drug-likeness (QED) is 0.242. The zero-order valence-electron chi connectivity index (χ0n) is 20.6. The molecule has 194 valence electrons. The molecule has 0 aliphatic heterocycles. The lowest BCUT2D eigenvalue weighted by atomic mass is 10.1. The Morgan fingerprint density at radius 2 is 1.61 bits per heavy atom. The number of hydrogen-bond donors (Lipinski definition) is 1. The fourth-order valence-electron chi connectivity index (χ4n) is 4.61. The van der Waals surface area contributed by atoms with Crippen molar-refractivity contribution >= 4 is 55.0 Å². The molecule has 0 bridgehead atoms. The zero-order chi connectivity index (χ0) is 26.9. The summed E-state index contributed by atoms with van der Waals surface area (Å²) in [6, 6.07) is 25.0. The van der Waals surface area contributed by atoms with E-state index in [-0.39, 0.29) is 11.4 Å². The molecule has 0 aliphatic rings. The fourth-order valence-corrected chi connectivity index (χ4v) is 6.12. The van der Waals surface area contributed by atoms with Gasteiger partial charge in [0.2, 0.25) is 15.9 Å². The molecular formula is C29H25ClFN3O3S. The molecule has 9 heteroatoms. The maximum Gasteiger partial charge on any atom is 0.243 e. The second-order valence-corrected chi connectivity index (χ2v) is 11.3. The first-order valence-electron chi connectivity index (χ1n) is 12.1. The number of halogens is 2. The largest absolute Gasteiger partial charge is 0.341 e. The van der Waals surface area contributed by atoms with Crippen molar-refractivity contribution in [2.75, 3.05) is 11.9 Å². The van der Waals surface area contributed by atoms with E-state index in [2.05, 4.69) is 22.9 Å². The number of fused-ring (bicyclic) bond motifs is 3. The number of aryl methyl sites for hydroxylation is 1. The van der Waals surface area contributed by atoms with Crippen LogP contribution in [0.1, 0.15) is 12.5 Å². The summed E-state index contributed by atoms with van der Waals surface area (Å²) in [6.07, 6.45) is 0. The van der Waals surface area contributed by atoms with Crippen LogP contribution in [0, 0.1) is 5.82 Å². The SMILES string of the molecule is CCn1c2ccccc2c2cc(NC(=O)CN(Cc3ccc(F)cc3)S(=O)(=O)c3ccc(Cl)cc3)ccc21. The molecular weight excluding hydrogens is 525 g/mol. The first kappa shape index (κ1) is 25.9. The lowest BCUT2D eigenvalue weighted by molar-refractivity contribution is -0.116. The number of sulfonamides is 1. The van der Waals surface area contributed by atoms with Crippen LogP contribution >= 0.6 is 11.6 Å². The van der Waals surface area contributed by atoms with Crippen molar-refractivity contribution in [2.45, 2.75) is 24.9 Å². The monoisotopic (exact) mass is 549 g/mol. The number of rotatable bonds is 8. The van der Waals surface area contributed by atoms with E-state index in [1.807, 2.05) is 36.4 Å². The topological polar surface area (TPSA) is 71.4 Å². The second kappa shape index (κ2) is 10.6. The van der Waals surface area contributed by atoms with Gasteiger partial charge in [-0.1, -0.05) is 41.9 Å². The molecule has 0 spiro atoms. The summed E-state index contributed by atoms with van der Waals surface area (Å²) in [4.78, 5) is 13.2. The van der Waals surface area contributed by atoms with Crippen molar-refractivity contribution in [1.82, 2.24) is 8.87 Å². The Morgan fingerprint density at radius 1 is 0.921 bits per heavy atom. The van der Waals surface area contributed by atoms with Gasteiger partial charge < -0.3 is 9.88 Å². The van der Waals surface area contributed by atoms with Crippen molar-refractivity contribution in [2.24, 2.45) is 0 Å². The van der Waals surface area contributed by atoms with Gasteiger partial charge in [-0.25, -0.2) is 12.8 Å². The predicted octanol–water partition coefficient (Wildman–Crippen LogP) is 6.44.